The second kappa shape index (κ2) is 7.87. The summed E-state index contributed by atoms with van der Waals surface area (Å²) in [5.74, 6) is 1.05. The average Bonchev–Trinajstić information content (AvgIpc) is 3.00. The molecule has 0 spiro atoms. The fourth-order valence-corrected chi connectivity index (χ4v) is 4.53. The number of rotatable bonds is 7. The molecule has 2 nitrogen and oxygen atoms in total. The third kappa shape index (κ3) is 4.49. The van der Waals surface area contributed by atoms with E-state index in [9.17, 15) is 5.26 Å². The fraction of sp³-hybridized carbons (Fsp3) is 0.611. The summed E-state index contributed by atoms with van der Waals surface area (Å²) < 4.78 is 0. The fourth-order valence-electron chi connectivity index (χ4n) is 3.10. The predicted molar refractivity (Wildman–Crippen MR) is 91.3 cm³/mol. The van der Waals surface area contributed by atoms with Gasteiger partial charge in [0.2, 0.25) is 0 Å². The van der Waals surface area contributed by atoms with E-state index in [1.54, 1.807) is 0 Å². The highest BCUT2D eigenvalue weighted by molar-refractivity contribution is 7.99. The number of nitriles is 1. The standard InChI is InChI=1S/C18H26N2S/c1-15(2)20-18(14-19,16-8-4-3-5-9-16)12-13-21-17-10-6-7-11-17/h3-5,8-9,15,17,20H,6-7,10-13H2,1-2H3. The van der Waals surface area contributed by atoms with Gasteiger partial charge < -0.3 is 0 Å². The third-order valence-corrected chi connectivity index (χ3v) is 5.51. The summed E-state index contributed by atoms with van der Waals surface area (Å²) in [5.41, 5.74) is 0.536. The Kier molecular flexibility index (Phi) is 6.14. The van der Waals surface area contributed by atoms with Crippen LogP contribution in [-0.4, -0.2) is 17.0 Å². The van der Waals surface area contributed by atoms with E-state index in [1.807, 2.05) is 18.2 Å². The molecule has 1 fully saturated rings. The molecular formula is C18H26N2S. The first-order valence-electron chi connectivity index (χ1n) is 8.02. The van der Waals surface area contributed by atoms with E-state index in [0.29, 0.717) is 6.04 Å². The lowest BCUT2D eigenvalue weighted by molar-refractivity contribution is 0.378. The summed E-state index contributed by atoms with van der Waals surface area (Å²) in [4.78, 5) is 0. The molecule has 1 aromatic rings. The number of nitrogens with one attached hydrogen (secondary N) is 1. The van der Waals surface area contributed by atoms with Gasteiger partial charge in [-0.3, -0.25) is 5.32 Å². The van der Waals surface area contributed by atoms with Gasteiger partial charge in [-0.1, -0.05) is 43.2 Å². The highest BCUT2D eigenvalue weighted by Gasteiger charge is 2.32. The van der Waals surface area contributed by atoms with Crippen molar-refractivity contribution < 1.29 is 0 Å². The van der Waals surface area contributed by atoms with E-state index >= 15 is 0 Å². The number of nitrogens with zero attached hydrogens (tertiary/aromatic N) is 1. The summed E-state index contributed by atoms with van der Waals surface area (Å²) in [7, 11) is 0. The summed E-state index contributed by atoms with van der Waals surface area (Å²) in [6.45, 7) is 4.22. The maximum absolute atomic E-state index is 9.85. The Labute approximate surface area is 133 Å². The van der Waals surface area contributed by atoms with Gasteiger partial charge in [0.15, 0.2) is 0 Å². The minimum Gasteiger partial charge on any atom is -0.293 e. The molecule has 0 radical (unpaired) electrons. The van der Waals surface area contributed by atoms with Gasteiger partial charge in [0.05, 0.1) is 6.07 Å². The van der Waals surface area contributed by atoms with Crippen molar-refractivity contribution in [1.82, 2.24) is 5.32 Å². The molecule has 1 aromatic carbocycles. The maximum Gasteiger partial charge on any atom is 0.133 e. The lowest BCUT2D eigenvalue weighted by Crippen LogP contribution is -2.45. The quantitative estimate of drug-likeness (QED) is 0.807. The zero-order valence-electron chi connectivity index (χ0n) is 13.1. The molecule has 1 aliphatic rings. The number of hydrogen-bond acceptors (Lipinski definition) is 3. The van der Waals surface area contributed by atoms with Crippen LogP contribution in [0.2, 0.25) is 0 Å². The van der Waals surface area contributed by atoms with Crippen molar-refractivity contribution in [2.45, 2.75) is 62.8 Å². The van der Waals surface area contributed by atoms with Gasteiger partial charge in [0, 0.05) is 11.3 Å². The number of benzene rings is 1. The zero-order valence-corrected chi connectivity index (χ0v) is 14.0. The third-order valence-electron chi connectivity index (χ3n) is 4.13. The van der Waals surface area contributed by atoms with Crippen LogP contribution in [0.4, 0.5) is 0 Å². The topological polar surface area (TPSA) is 35.8 Å². The summed E-state index contributed by atoms with van der Waals surface area (Å²) in [6.07, 6.45) is 6.33. The van der Waals surface area contributed by atoms with Crippen LogP contribution < -0.4 is 5.32 Å². The molecule has 0 saturated heterocycles. The van der Waals surface area contributed by atoms with Gasteiger partial charge in [-0.15, -0.1) is 0 Å². The first-order chi connectivity index (χ1) is 10.2. The molecule has 0 heterocycles. The minimum atomic E-state index is -0.555. The van der Waals surface area contributed by atoms with Crippen LogP contribution in [0, 0.1) is 11.3 Å². The molecule has 0 aliphatic heterocycles. The van der Waals surface area contributed by atoms with Crippen molar-refractivity contribution in [3.63, 3.8) is 0 Å². The van der Waals surface area contributed by atoms with Crippen molar-refractivity contribution >= 4 is 11.8 Å². The van der Waals surface area contributed by atoms with E-state index in [2.05, 4.69) is 49.1 Å². The van der Waals surface area contributed by atoms with Gasteiger partial charge in [-0.2, -0.15) is 17.0 Å². The van der Waals surface area contributed by atoms with Crippen molar-refractivity contribution in [2.75, 3.05) is 5.75 Å². The van der Waals surface area contributed by atoms with Gasteiger partial charge >= 0.3 is 0 Å². The van der Waals surface area contributed by atoms with E-state index in [-0.39, 0.29) is 0 Å². The monoisotopic (exact) mass is 302 g/mol. The molecule has 1 atom stereocenters. The first-order valence-corrected chi connectivity index (χ1v) is 9.07. The molecule has 0 aromatic heterocycles. The zero-order chi connectivity index (χ0) is 15.1. The van der Waals surface area contributed by atoms with Crippen molar-refractivity contribution in [3.8, 4) is 6.07 Å². The molecule has 2 rings (SSSR count). The number of hydrogen-bond donors (Lipinski definition) is 1. The molecule has 3 heteroatoms. The van der Waals surface area contributed by atoms with Crippen molar-refractivity contribution in [2.24, 2.45) is 0 Å². The average molecular weight is 302 g/mol. The molecular weight excluding hydrogens is 276 g/mol. The lowest BCUT2D eigenvalue weighted by Gasteiger charge is -2.31. The normalized spacial score (nSPS) is 18.6. The Hall–Kier alpha value is -0.980. The molecule has 21 heavy (non-hydrogen) atoms. The Bertz CT molecular complexity index is 460. The van der Waals surface area contributed by atoms with Crippen LogP contribution in [0.25, 0.3) is 0 Å². The summed E-state index contributed by atoms with van der Waals surface area (Å²) in [5, 5.41) is 14.2. The molecule has 0 bridgehead atoms. The highest BCUT2D eigenvalue weighted by Crippen LogP contribution is 2.33. The Morgan fingerprint density at radius 3 is 2.52 bits per heavy atom. The highest BCUT2D eigenvalue weighted by atomic mass is 32.2. The molecule has 0 amide bonds. The largest absolute Gasteiger partial charge is 0.293 e. The Morgan fingerprint density at radius 2 is 1.95 bits per heavy atom. The van der Waals surface area contributed by atoms with E-state index < -0.39 is 5.54 Å². The van der Waals surface area contributed by atoms with Crippen molar-refractivity contribution in [1.29, 1.82) is 5.26 Å². The predicted octanol–water partition coefficient (Wildman–Crippen LogP) is 4.47. The van der Waals surface area contributed by atoms with Crippen LogP contribution in [0.15, 0.2) is 30.3 Å². The maximum atomic E-state index is 9.85. The van der Waals surface area contributed by atoms with E-state index in [4.69, 9.17) is 0 Å². The van der Waals surface area contributed by atoms with Crippen LogP contribution in [0.5, 0.6) is 0 Å². The SMILES string of the molecule is CC(C)NC(C#N)(CCSC1CCCC1)c1ccccc1. The molecule has 1 aliphatic carbocycles. The van der Waals surface area contributed by atoms with Gasteiger partial charge in [0.25, 0.3) is 0 Å². The van der Waals surface area contributed by atoms with Gasteiger partial charge in [-0.05, 0) is 44.4 Å². The van der Waals surface area contributed by atoms with Gasteiger partial charge in [0.1, 0.15) is 5.54 Å². The van der Waals surface area contributed by atoms with E-state index in [1.165, 1.54) is 25.7 Å². The Morgan fingerprint density at radius 1 is 1.29 bits per heavy atom. The smallest absolute Gasteiger partial charge is 0.133 e. The summed E-state index contributed by atoms with van der Waals surface area (Å²) in [6, 6.07) is 13.0. The number of thioether (sulfide) groups is 1. The second-order valence-corrected chi connectivity index (χ2v) is 7.62. The van der Waals surface area contributed by atoms with Gasteiger partial charge in [-0.25, -0.2) is 0 Å². The van der Waals surface area contributed by atoms with E-state index in [0.717, 1.165) is 23.0 Å². The lowest BCUT2D eigenvalue weighted by atomic mass is 9.88. The minimum absolute atomic E-state index is 0.293. The second-order valence-electron chi connectivity index (χ2n) is 6.21. The molecule has 1 unspecified atom stereocenters. The Balaban J connectivity index is 2.06. The van der Waals surface area contributed by atoms with Crippen LogP contribution in [-0.2, 0) is 5.54 Å². The van der Waals surface area contributed by atoms with Crippen LogP contribution in [0.1, 0.15) is 51.5 Å². The van der Waals surface area contributed by atoms with Crippen LogP contribution in [0.3, 0.4) is 0 Å². The molecule has 1 saturated carbocycles. The van der Waals surface area contributed by atoms with Crippen molar-refractivity contribution in [3.05, 3.63) is 35.9 Å². The molecule has 1 N–H and O–H groups in total. The van der Waals surface area contributed by atoms with Crippen LogP contribution >= 0.6 is 11.8 Å². The molecule has 114 valence electrons. The first kappa shape index (κ1) is 16.4. The summed E-state index contributed by atoms with van der Waals surface area (Å²) >= 11 is 2.06.